The SMILES string of the molecule is Clc1cnc(CN2CCNCCC23CCC3)s1. The summed E-state index contributed by atoms with van der Waals surface area (Å²) in [6.07, 6.45) is 7.15. The van der Waals surface area contributed by atoms with Crippen LogP contribution < -0.4 is 5.32 Å². The van der Waals surface area contributed by atoms with Crippen LogP contribution in [-0.2, 0) is 6.54 Å². The van der Waals surface area contributed by atoms with Crippen molar-refractivity contribution in [1.29, 1.82) is 0 Å². The van der Waals surface area contributed by atoms with Crippen molar-refractivity contribution in [2.75, 3.05) is 19.6 Å². The lowest BCUT2D eigenvalue weighted by molar-refractivity contribution is 0.0137. The molecule has 5 heteroatoms. The summed E-state index contributed by atoms with van der Waals surface area (Å²) in [4.78, 5) is 7.02. The number of halogens is 1. The monoisotopic (exact) mass is 271 g/mol. The molecule has 0 radical (unpaired) electrons. The maximum absolute atomic E-state index is 5.95. The molecule has 1 N–H and O–H groups in total. The fraction of sp³-hybridized carbons (Fsp3) is 0.750. The zero-order valence-electron chi connectivity index (χ0n) is 9.91. The smallest absolute Gasteiger partial charge is 0.113 e. The second-order valence-electron chi connectivity index (χ2n) is 5.06. The summed E-state index contributed by atoms with van der Waals surface area (Å²) in [6.45, 7) is 4.37. The van der Waals surface area contributed by atoms with Crippen LogP contribution in [0.4, 0.5) is 0 Å². The molecule has 1 aliphatic heterocycles. The Balaban J connectivity index is 1.74. The first kappa shape index (κ1) is 11.9. The van der Waals surface area contributed by atoms with E-state index >= 15 is 0 Å². The van der Waals surface area contributed by atoms with Crippen LogP contribution in [0.5, 0.6) is 0 Å². The molecule has 94 valence electrons. The van der Waals surface area contributed by atoms with Crippen molar-refractivity contribution >= 4 is 22.9 Å². The van der Waals surface area contributed by atoms with Gasteiger partial charge in [-0.2, -0.15) is 0 Å². The van der Waals surface area contributed by atoms with Gasteiger partial charge in [0.25, 0.3) is 0 Å². The molecule has 0 aromatic carbocycles. The van der Waals surface area contributed by atoms with Gasteiger partial charge in [-0.25, -0.2) is 4.98 Å². The second kappa shape index (κ2) is 4.84. The van der Waals surface area contributed by atoms with Gasteiger partial charge < -0.3 is 5.32 Å². The van der Waals surface area contributed by atoms with Crippen LogP contribution in [0, 0.1) is 0 Å². The van der Waals surface area contributed by atoms with Crippen LogP contribution in [0.3, 0.4) is 0 Å². The number of hydrogen-bond acceptors (Lipinski definition) is 4. The molecule has 1 aromatic rings. The van der Waals surface area contributed by atoms with E-state index in [9.17, 15) is 0 Å². The lowest BCUT2D eigenvalue weighted by Crippen LogP contribution is -2.53. The molecular formula is C12H18ClN3S. The van der Waals surface area contributed by atoms with Crippen LogP contribution in [0.15, 0.2) is 6.20 Å². The van der Waals surface area contributed by atoms with Crippen LogP contribution in [0.1, 0.15) is 30.7 Å². The highest BCUT2D eigenvalue weighted by Crippen LogP contribution is 2.42. The minimum Gasteiger partial charge on any atom is -0.315 e. The largest absolute Gasteiger partial charge is 0.315 e. The second-order valence-corrected chi connectivity index (χ2v) is 6.80. The lowest BCUT2D eigenvalue weighted by Gasteiger charge is -2.49. The Morgan fingerprint density at radius 3 is 2.94 bits per heavy atom. The molecule has 1 saturated carbocycles. The van der Waals surface area contributed by atoms with Gasteiger partial charge in [0, 0.05) is 18.6 Å². The fourth-order valence-electron chi connectivity index (χ4n) is 2.98. The summed E-state index contributed by atoms with van der Waals surface area (Å²) >= 11 is 7.57. The number of nitrogens with zero attached hydrogens (tertiary/aromatic N) is 2. The minimum atomic E-state index is 0.460. The van der Waals surface area contributed by atoms with Crippen LogP contribution in [0.25, 0.3) is 0 Å². The van der Waals surface area contributed by atoms with E-state index < -0.39 is 0 Å². The zero-order chi connectivity index (χ0) is 11.7. The Hall–Kier alpha value is -0.160. The van der Waals surface area contributed by atoms with Gasteiger partial charge in [0.05, 0.1) is 12.7 Å². The first-order chi connectivity index (χ1) is 8.28. The molecule has 0 unspecified atom stereocenters. The lowest BCUT2D eigenvalue weighted by atomic mass is 9.73. The van der Waals surface area contributed by atoms with Crippen molar-refractivity contribution in [3.8, 4) is 0 Å². The highest BCUT2D eigenvalue weighted by atomic mass is 35.5. The van der Waals surface area contributed by atoms with Gasteiger partial charge >= 0.3 is 0 Å². The van der Waals surface area contributed by atoms with Gasteiger partial charge in [-0.1, -0.05) is 11.6 Å². The number of rotatable bonds is 2. The Morgan fingerprint density at radius 1 is 1.41 bits per heavy atom. The molecule has 3 rings (SSSR count). The van der Waals surface area contributed by atoms with Gasteiger partial charge in [-0.05, 0) is 32.2 Å². The van der Waals surface area contributed by atoms with Crippen LogP contribution in [0.2, 0.25) is 4.34 Å². The molecule has 17 heavy (non-hydrogen) atoms. The molecule has 0 amide bonds. The normalized spacial score (nSPS) is 24.5. The van der Waals surface area contributed by atoms with E-state index in [4.69, 9.17) is 11.6 Å². The molecule has 1 aromatic heterocycles. The van der Waals surface area contributed by atoms with E-state index in [1.54, 1.807) is 17.5 Å². The molecule has 2 heterocycles. The van der Waals surface area contributed by atoms with Crippen LogP contribution >= 0.6 is 22.9 Å². The average Bonchev–Trinajstić information content (AvgIpc) is 2.55. The summed E-state index contributed by atoms with van der Waals surface area (Å²) in [7, 11) is 0. The van der Waals surface area contributed by atoms with Gasteiger partial charge in [0.1, 0.15) is 9.34 Å². The van der Waals surface area contributed by atoms with Crippen molar-refractivity contribution in [2.24, 2.45) is 0 Å². The number of nitrogens with one attached hydrogen (secondary N) is 1. The van der Waals surface area contributed by atoms with Gasteiger partial charge in [-0.3, -0.25) is 4.90 Å². The van der Waals surface area contributed by atoms with E-state index in [2.05, 4.69) is 15.2 Å². The molecule has 1 saturated heterocycles. The topological polar surface area (TPSA) is 28.2 Å². The molecule has 0 atom stereocenters. The van der Waals surface area contributed by atoms with Gasteiger partial charge in [0.2, 0.25) is 0 Å². The zero-order valence-corrected chi connectivity index (χ0v) is 11.5. The van der Waals surface area contributed by atoms with Crippen molar-refractivity contribution in [1.82, 2.24) is 15.2 Å². The van der Waals surface area contributed by atoms with Crippen molar-refractivity contribution in [2.45, 2.75) is 37.8 Å². The highest BCUT2D eigenvalue weighted by molar-refractivity contribution is 7.15. The maximum Gasteiger partial charge on any atom is 0.113 e. The summed E-state index contributed by atoms with van der Waals surface area (Å²) in [5.74, 6) is 0. The molecule has 2 fully saturated rings. The summed E-state index contributed by atoms with van der Waals surface area (Å²) < 4.78 is 0.801. The number of aromatic nitrogens is 1. The molecule has 1 aliphatic carbocycles. The van der Waals surface area contributed by atoms with E-state index in [0.29, 0.717) is 5.54 Å². The van der Waals surface area contributed by atoms with E-state index in [-0.39, 0.29) is 0 Å². The van der Waals surface area contributed by atoms with E-state index in [0.717, 1.165) is 35.5 Å². The molecule has 0 bridgehead atoms. The first-order valence-electron chi connectivity index (χ1n) is 6.35. The predicted octanol–water partition coefficient (Wildman–Crippen LogP) is 2.51. The Morgan fingerprint density at radius 2 is 2.29 bits per heavy atom. The fourth-order valence-corrected chi connectivity index (χ4v) is 3.95. The van der Waals surface area contributed by atoms with Crippen molar-refractivity contribution < 1.29 is 0 Å². The standard InChI is InChI=1S/C12H18ClN3S/c13-10-8-15-11(17-10)9-16-7-6-14-5-4-12(16)2-1-3-12/h8,14H,1-7,9H2. The Labute approximate surface area is 111 Å². The third-order valence-corrected chi connectivity index (χ3v) is 5.23. The first-order valence-corrected chi connectivity index (χ1v) is 7.54. The Kier molecular flexibility index (Phi) is 3.39. The molecule has 2 aliphatic rings. The quantitative estimate of drug-likeness (QED) is 0.896. The predicted molar refractivity (Wildman–Crippen MR) is 71.6 cm³/mol. The Bertz CT molecular complexity index is 389. The number of thiazole rings is 1. The summed E-state index contributed by atoms with van der Waals surface area (Å²) in [5.41, 5.74) is 0.460. The maximum atomic E-state index is 5.95. The third kappa shape index (κ3) is 2.36. The summed E-state index contributed by atoms with van der Waals surface area (Å²) in [6, 6.07) is 0. The van der Waals surface area contributed by atoms with Gasteiger partial charge in [0.15, 0.2) is 0 Å². The third-order valence-electron chi connectivity index (χ3n) is 4.13. The minimum absolute atomic E-state index is 0.460. The van der Waals surface area contributed by atoms with E-state index in [1.165, 1.54) is 25.7 Å². The molecular weight excluding hydrogens is 254 g/mol. The molecule has 3 nitrogen and oxygen atoms in total. The molecule has 1 spiro atoms. The van der Waals surface area contributed by atoms with Gasteiger partial charge in [-0.15, -0.1) is 11.3 Å². The summed E-state index contributed by atoms with van der Waals surface area (Å²) in [5, 5.41) is 4.66. The van der Waals surface area contributed by atoms with Crippen molar-refractivity contribution in [3.05, 3.63) is 15.5 Å². The highest BCUT2D eigenvalue weighted by Gasteiger charge is 2.42. The average molecular weight is 272 g/mol. The van der Waals surface area contributed by atoms with Crippen molar-refractivity contribution in [3.63, 3.8) is 0 Å². The van der Waals surface area contributed by atoms with E-state index in [1.807, 2.05) is 0 Å². The van der Waals surface area contributed by atoms with Crippen LogP contribution in [-0.4, -0.2) is 35.1 Å². The number of hydrogen-bond donors (Lipinski definition) is 1.